The number of unbranched alkanes of at least 4 members (excludes halogenated alkanes) is 3. The lowest BCUT2D eigenvalue weighted by atomic mass is 10.0. The van der Waals surface area contributed by atoms with Crippen LogP contribution in [0.3, 0.4) is 0 Å². The van der Waals surface area contributed by atoms with Crippen LogP contribution >= 0.6 is 22.6 Å². The fourth-order valence-electron chi connectivity index (χ4n) is 2.30. The van der Waals surface area contributed by atoms with E-state index >= 15 is 0 Å². The fraction of sp³-hybridized carbons (Fsp3) is 0.333. The van der Waals surface area contributed by atoms with E-state index in [0.29, 0.717) is 0 Å². The number of halogens is 5. The molecule has 0 aliphatic carbocycles. The first-order chi connectivity index (χ1) is 11.3. The zero-order valence-corrected chi connectivity index (χ0v) is 15.8. The van der Waals surface area contributed by atoms with Crippen molar-refractivity contribution in [2.45, 2.75) is 39.0 Å². The maximum absolute atomic E-state index is 9.75. The van der Waals surface area contributed by atoms with Gasteiger partial charge < -0.3 is 17.3 Å². The zero-order chi connectivity index (χ0) is 18.0. The fourth-order valence-corrected chi connectivity index (χ4v) is 3.00. The van der Waals surface area contributed by atoms with Gasteiger partial charge in [0.2, 0.25) is 0 Å². The van der Waals surface area contributed by atoms with E-state index in [-0.39, 0.29) is 0 Å². The number of aryl methyl sites for hydroxylation is 1. The number of hydrogen-bond acceptors (Lipinski definition) is 0. The van der Waals surface area contributed by atoms with Crippen molar-refractivity contribution < 1.29 is 17.3 Å². The van der Waals surface area contributed by atoms with Crippen LogP contribution in [-0.4, -0.2) is 7.25 Å². The van der Waals surface area contributed by atoms with E-state index in [1.54, 1.807) is 0 Å². The monoisotopic (exact) mass is 451 g/mol. The minimum absolute atomic E-state index is 1.21. The second-order valence-corrected chi connectivity index (χ2v) is 6.64. The predicted octanol–water partition coefficient (Wildman–Crippen LogP) is 7.38. The van der Waals surface area contributed by atoms with Gasteiger partial charge in [-0.2, -0.15) is 0 Å². The normalized spacial score (nSPS) is 10.9. The average Bonchev–Trinajstić information content (AvgIpc) is 2.51. The van der Waals surface area contributed by atoms with E-state index < -0.39 is 7.25 Å². The molecule has 0 nitrogen and oxygen atoms in total. The molecule has 2 rings (SSSR count). The lowest BCUT2D eigenvalue weighted by molar-refractivity contribution is 0.368. The number of benzene rings is 2. The molecule has 0 amide bonds. The Morgan fingerprint density at radius 1 is 0.833 bits per heavy atom. The Labute approximate surface area is 154 Å². The summed E-state index contributed by atoms with van der Waals surface area (Å²) in [7, 11) is -6.00. The van der Waals surface area contributed by atoms with Crippen molar-refractivity contribution in [2.75, 3.05) is 0 Å². The molecule has 2 aromatic carbocycles. The molecule has 0 spiro atoms. The second-order valence-electron chi connectivity index (χ2n) is 5.48. The van der Waals surface area contributed by atoms with Crippen molar-refractivity contribution in [1.82, 2.24) is 0 Å². The number of rotatable bonds is 6. The molecule has 0 N–H and O–H groups in total. The van der Waals surface area contributed by atoms with E-state index in [0.717, 1.165) is 0 Å². The molecule has 0 fully saturated rings. The zero-order valence-electron chi connectivity index (χ0n) is 13.6. The maximum Gasteiger partial charge on any atom is 0.673 e. The summed E-state index contributed by atoms with van der Waals surface area (Å²) >= 11 is 2.40. The Morgan fingerprint density at radius 3 is 1.96 bits per heavy atom. The summed E-state index contributed by atoms with van der Waals surface area (Å²) in [6, 6.07) is 17.6. The molecular weight excluding hydrogens is 430 g/mol. The van der Waals surface area contributed by atoms with Crippen molar-refractivity contribution in [2.24, 2.45) is 0 Å². The smallest absolute Gasteiger partial charge is 0.418 e. The minimum Gasteiger partial charge on any atom is -0.418 e. The van der Waals surface area contributed by atoms with Gasteiger partial charge in [0.15, 0.2) is 0 Å². The maximum atomic E-state index is 9.75. The van der Waals surface area contributed by atoms with Crippen molar-refractivity contribution in [3.8, 4) is 11.1 Å². The molecular formula is C18H21BF4I-. The first kappa shape index (κ1) is 21.0. The highest BCUT2D eigenvalue weighted by molar-refractivity contribution is 14.1. The Morgan fingerprint density at radius 2 is 1.42 bits per heavy atom. The lowest BCUT2D eigenvalue weighted by Crippen LogP contribution is -2.02. The van der Waals surface area contributed by atoms with Gasteiger partial charge in [0.1, 0.15) is 0 Å². The highest BCUT2D eigenvalue weighted by atomic mass is 127. The van der Waals surface area contributed by atoms with Crippen LogP contribution in [0.25, 0.3) is 11.1 Å². The van der Waals surface area contributed by atoms with Crippen molar-refractivity contribution in [1.29, 1.82) is 0 Å². The second kappa shape index (κ2) is 10.7. The molecule has 0 atom stereocenters. The standard InChI is InChI=1S/C18H21I.BF4/c1-2-3-4-5-8-15-11-13-16(14-12-15)17-9-6-7-10-18(17)19;2-1(3,4)5/h6-7,9-14H,2-5,8H2,1H3;/q;-1. The summed E-state index contributed by atoms with van der Waals surface area (Å²) in [6.07, 6.45) is 6.56. The minimum atomic E-state index is -6.00. The molecule has 0 aromatic heterocycles. The van der Waals surface area contributed by atoms with E-state index in [2.05, 4.69) is 78.0 Å². The highest BCUT2D eigenvalue weighted by Crippen LogP contribution is 2.25. The third kappa shape index (κ3) is 9.30. The quantitative estimate of drug-likeness (QED) is 0.186. The third-order valence-electron chi connectivity index (χ3n) is 3.46. The van der Waals surface area contributed by atoms with Gasteiger partial charge >= 0.3 is 7.25 Å². The first-order valence-corrected chi connectivity index (χ1v) is 9.10. The van der Waals surface area contributed by atoms with E-state index in [9.17, 15) is 17.3 Å². The van der Waals surface area contributed by atoms with Gasteiger partial charge in [-0.15, -0.1) is 0 Å². The van der Waals surface area contributed by atoms with Crippen LogP contribution in [0.4, 0.5) is 17.3 Å². The summed E-state index contributed by atoms with van der Waals surface area (Å²) in [5.41, 5.74) is 4.12. The molecule has 0 aliphatic heterocycles. The highest BCUT2D eigenvalue weighted by Gasteiger charge is 2.20. The van der Waals surface area contributed by atoms with Crippen LogP contribution in [-0.2, 0) is 6.42 Å². The molecule has 0 bridgehead atoms. The SMILES string of the molecule is CCCCCCc1ccc(-c2ccccc2I)cc1.F[B-](F)(F)F. The molecule has 0 radical (unpaired) electrons. The Bertz CT molecular complexity index is 591. The van der Waals surface area contributed by atoms with Crippen LogP contribution in [0, 0.1) is 3.57 Å². The van der Waals surface area contributed by atoms with Gasteiger partial charge in [0.05, 0.1) is 0 Å². The summed E-state index contributed by atoms with van der Waals surface area (Å²) < 4.78 is 40.3. The topological polar surface area (TPSA) is 0 Å². The third-order valence-corrected chi connectivity index (χ3v) is 4.40. The largest absolute Gasteiger partial charge is 0.673 e. The average molecular weight is 451 g/mol. The molecule has 6 heteroatoms. The molecule has 2 aromatic rings. The Kier molecular flexibility index (Phi) is 9.40. The van der Waals surface area contributed by atoms with Crippen LogP contribution in [0.2, 0.25) is 0 Å². The van der Waals surface area contributed by atoms with Crippen LogP contribution in [0.15, 0.2) is 48.5 Å². The Hall–Kier alpha value is -1.05. The Balaban J connectivity index is 0.000000505. The van der Waals surface area contributed by atoms with Crippen LogP contribution < -0.4 is 0 Å². The van der Waals surface area contributed by atoms with Crippen molar-refractivity contribution in [3.63, 3.8) is 0 Å². The summed E-state index contributed by atoms with van der Waals surface area (Å²) in [6.45, 7) is 2.26. The summed E-state index contributed by atoms with van der Waals surface area (Å²) in [5, 5.41) is 0. The molecule has 132 valence electrons. The molecule has 0 saturated carbocycles. The summed E-state index contributed by atoms with van der Waals surface area (Å²) in [4.78, 5) is 0. The van der Waals surface area contributed by atoms with E-state index in [1.807, 2.05) is 0 Å². The predicted molar refractivity (Wildman–Crippen MR) is 103 cm³/mol. The molecule has 24 heavy (non-hydrogen) atoms. The van der Waals surface area contributed by atoms with Crippen molar-refractivity contribution in [3.05, 3.63) is 57.7 Å². The number of hydrogen-bond donors (Lipinski definition) is 0. The summed E-state index contributed by atoms with van der Waals surface area (Å²) in [5.74, 6) is 0. The van der Waals surface area contributed by atoms with Gasteiger partial charge in [-0.3, -0.25) is 0 Å². The van der Waals surface area contributed by atoms with Gasteiger partial charge in [0.25, 0.3) is 0 Å². The molecule has 0 heterocycles. The van der Waals surface area contributed by atoms with Crippen molar-refractivity contribution >= 4 is 29.8 Å². The van der Waals surface area contributed by atoms with E-state index in [1.165, 1.54) is 52.4 Å². The van der Waals surface area contributed by atoms with Gasteiger partial charge in [0, 0.05) is 3.57 Å². The molecule has 0 saturated heterocycles. The molecule has 0 aliphatic rings. The van der Waals surface area contributed by atoms with E-state index in [4.69, 9.17) is 0 Å². The van der Waals surface area contributed by atoms with Crippen LogP contribution in [0.1, 0.15) is 38.2 Å². The van der Waals surface area contributed by atoms with Crippen LogP contribution in [0.5, 0.6) is 0 Å². The van der Waals surface area contributed by atoms with Gasteiger partial charge in [-0.05, 0) is 58.2 Å². The lowest BCUT2D eigenvalue weighted by Gasteiger charge is -2.06. The first-order valence-electron chi connectivity index (χ1n) is 8.02. The van der Waals surface area contributed by atoms with Gasteiger partial charge in [-0.1, -0.05) is 68.7 Å². The van der Waals surface area contributed by atoms with Gasteiger partial charge in [-0.25, -0.2) is 0 Å². The molecule has 0 unspecified atom stereocenters.